The van der Waals surface area contributed by atoms with Gasteiger partial charge in [-0.25, -0.2) is 4.79 Å². The van der Waals surface area contributed by atoms with Crippen LogP contribution in [-0.4, -0.2) is 38.6 Å². The highest BCUT2D eigenvalue weighted by Crippen LogP contribution is 2.25. The van der Waals surface area contributed by atoms with Crippen molar-refractivity contribution in [3.63, 3.8) is 0 Å². The molecule has 2 N–H and O–H groups in total. The average molecular weight is 482 g/mol. The van der Waals surface area contributed by atoms with Crippen molar-refractivity contribution in [2.45, 2.75) is 52.4 Å². The first-order valence-electron chi connectivity index (χ1n) is 10.6. The van der Waals surface area contributed by atoms with Crippen LogP contribution in [0, 0.1) is 0 Å². The predicted octanol–water partition coefficient (Wildman–Crippen LogP) is 4.66. The van der Waals surface area contributed by atoms with E-state index in [2.05, 4.69) is 23.0 Å². The maximum atomic E-state index is 11.8. The van der Waals surface area contributed by atoms with Gasteiger partial charge >= 0.3 is 5.63 Å². The lowest BCUT2D eigenvalue weighted by molar-refractivity contribution is -0.126. The third-order valence-corrected chi connectivity index (χ3v) is 5.56. The molecule has 0 aliphatic rings. The van der Waals surface area contributed by atoms with Crippen LogP contribution >= 0.6 is 11.3 Å². The van der Waals surface area contributed by atoms with Crippen molar-refractivity contribution < 1.29 is 28.6 Å². The Kier molecular flexibility index (Phi) is 15.9. The lowest BCUT2D eigenvalue weighted by Gasteiger charge is -2.10. The van der Waals surface area contributed by atoms with Crippen molar-refractivity contribution in [2.75, 3.05) is 21.3 Å². The molecule has 33 heavy (non-hydrogen) atoms. The minimum atomic E-state index is -0.760. The van der Waals surface area contributed by atoms with Gasteiger partial charge < -0.3 is 24.3 Å². The van der Waals surface area contributed by atoms with Crippen molar-refractivity contribution in [1.82, 2.24) is 5.32 Å². The second-order valence-electron chi connectivity index (χ2n) is 6.75. The maximum absolute atomic E-state index is 11.8. The quantitative estimate of drug-likeness (QED) is 0.372. The summed E-state index contributed by atoms with van der Waals surface area (Å²) in [6, 6.07) is 5.48. The lowest BCUT2D eigenvalue weighted by Crippen LogP contribution is -2.15. The SMILES string of the molecule is CCC(=O)c1c(O)cc(C(C)CC/C=C/NC)oc1=O.CCc1ccc(OC)s1.COC=O. The highest BCUT2D eigenvalue weighted by molar-refractivity contribution is 7.13. The van der Waals surface area contributed by atoms with Gasteiger partial charge in [0.15, 0.2) is 10.8 Å². The van der Waals surface area contributed by atoms with E-state index in [4.69, 9.17) is 13.9 Å². The Hall–Kier alpha value is -3.07. The van der Waals surface area contributed by atoms with E-state index in [1.54, 1.807) is 25.4 Å². The molecule has 0 fully saturated rings. The van der Waals surface area contributed by atoms with Crippen molar-refractivity contribution in [2.24, 2.45) is 0 Å². The summed E-state index contributed by atoms with van der Waals surface area (Å²) in [6.07, 6.45) is 6.67. The van der Waals surface area contributed by atoms with Crippen LogP contribution in [-0.2, 0) is 16.0 Å². The molecular weight excluding hydrogens is 446 g/mol. The first-order valence-corrected chi connectivity index (χ1v) is 11.4. The molecule has 0 aromatic carbocycles. The summed E-state index contributed by atoms with van der Waals surface area (Å²) < 4.78 is 14.0. The molecule has 0 aliphatic carbocycles. The van der Waals surface area contributed by atoms with Gasteiger partial charge in [0.05, 0.1) is 14.2 Å². The van der Waals surface area contributed by atoms with E-state index >= 15 is 0 Å². The molecule has 0 radical (unpaired) electrons. The van der Waals surface area contributed by atoms with Crippen LogP contribution in [0.15, 0.2) is 39.7 Å². The van der Waals surface area contributed by atoms with Crippen LogP contribution in [0.4, 0.5) is 0 Å². The summed E-state index contributed by atoms with van der Waals surface area (Å²) in [5.41, 5.74) is -1.01. The fourth-order valence-electron chi connectivity index (χ4n) is 2.52. The molecule has 184 valence electrons. The summed E-state index contributed by atoms with van der Waals surface area (Å²) in [6.45, 7) is 6.06. The number of carbonyl (C=O) groups is 2. The number of hydrogen-bond donors (Lipinski definition) is 2. The number of ketones is 1. The summed E-state index contributed by atoms with van der Waals surface area (Å²) in [5, 5.41) is 13.7. The summed E-state index contributed by atoms with van der Waals surface area (Å²) in [5.74, 6) is -0.313. The number of allylic oxidation sites excluding steroid dienone is 1. The first kappa shape index (κ1) is 29.9. The highest BCUT2D eigenvalue weighted by atomic mass is 32.1. The van der Waals surface area contributed by atoms with E-state index < -0.39 is 11.4 Å². The Labute approximate surface area is 199 Å². The van der Waals surface area contributed by atoms with Crippen LogP contribution in [0.25, 0.3) is 0 Å². The molecule has 1 atom stereocenters. The number of aromatic hydroxyl groups is 1. The molecule has 0 spiro atoms. The Bertz CT molecular complexity index is 899. The van der Waals surface area contributed by atoms with Crippen molar-refractivity contribution in [3.05, 3.63) is 57.1 Å². The maximum Gasteiger partial charge on any atom is 0.350 e. The lowest BCUT2D eigenvalue weighted by atomic mass is 10.0. The number of ether oxygens (including phenoxy) is 2. The summed E-state index contributed by atoms with van der Waals surface area (Å²) in [4.78, 5) is 33.6. The van der Waals surface area contributed by atoms with Crippen LogP contribution in [0.2, 0.25) is 0 Å². The standard InChI is InChI=1S/C15H21NO4.C7H10OS.C2H4O2/c1-4-11(17)14-12(18)9-13(20-15(14)19)10(2)7-5-6-8-16-3;1-3-6-4-5-7(8-2)9-6;1-4-2-3/h6,8-10,16,18H,4-5,7H2,1-3H3;4-5H,3H2,1-2H3;2H,1H3/b8-6+;;. The van der Waals surface area contributed by atoms with Crippen LogP contribution in [0.5, 0.6) is 10.8 Å². The minimum absolute atomic E-state index is 0.0131. The van der Waals surface area contributed by atoms with Crippen LogP contribution in [0.3, 0.4) is 0 Å². The molecule has 0 saturated heterocycles. The van der Waals surface area contributed by atoms with E-state index in [1.165, 1.54) is 18.1 Å². The Morgan fingerprint density at radius 3 is 2.39 bits per heavy atom. The molecular formula is C24H35NO7S. The van der Waals surface area contributed by atoms with E-state index in [0.717, 1.165) is 24.3 Å². The smallest absolute Gasteiger partial charge is 0.350 e. The molecule has 8 nitrogen and oxygen atoms in total. The number of rotatable bonds is 10. The number of nitrogens with one attached hydrogen (secondary N) is 1. The molecule has 2 rings (SSSR count). The van der Waals surface area contributed by atoms with E-state index in [0.29, 0.717) is 12.2 Å². The van der Waals surface area contributed by atoms with Gasteiger partial charge in [-0.1, -0.05) is 26.8 Å². The molecule has 2 aromatic heterocycles. The van der Waals surface area contributed by atoms with Crippen molar-refractivity contribution in [3.8, 4) is 10.8 Å². The Balaban J connectivity index is 0.000000645. The molecule has 0 amide bonds. The summed E-state index contributed by atoms with van der Waals surface area (Å²) >= 11 is 1.71. The fraction of sp³-hybridized carbons (Fsp3) is 0.458. The molecule has 9 heteroatoms. The number of thiophene rings is 1. The molecule has 0 bridgehead atoms. The third-order valence-electron chi connectivity index (χ3n) is 4.37. The van der Waals surface area contributed by atoms with Gasteiger partial charge in [-0.15, -0.1) is 11.3 Å². The molecule has 1 unspecified atom stereocenters. The monoisotopic (exact) mass is 481 g/mol. The topological polar surface area (TPSA) is 115 Å². The zero-order chi connectivity index (χ0) is 25.2. The van der Waals surface area contributed by atoms with Crippen LogP contribution in [0.1, 0.15) is 66.9 Å². The highest BCUT2D eigenvalue weighted by Gasteiger charge is 2.19. The molecule has 0 aliphatic heterocycles. The normalized spacial score (nSPS) is 10.8. The predicted molar refractivity (Wildman–Crippen MR) is 130 cm³/mol. The Morgan fingerprint density at radius 1 is 1.30 bits per heavy atom. The zero-order valence-corrected chi connectivity index (χ0v) is 21.0. The van der Waals surface area contributed by atoms with Gasteiger partial charge in [0.1, 0.15) is 17.1 Å². The molecule has 2 heterocycles. The number of methoxy groups -OCH3 is 2. The van der Waals surface area contributed by atoms with Gasteiger partial charge in [0, 0.05) is 30.3 Å². The largest absolute Gasteiger partial charge is 0.507 e. The van der Waals surface area contributed by atoms with Crippen LogP contribution < -0.4 is 15.7 Å². The number of Topliss-reactive ketones (excluding diaryl/α,β-unsaturated/α-hetero) is 1. The van der Waals surface area contributed by atoms with Gasteiger partial charge in [-0.2, -0.15) is 0 Å². The van der Waals surface area contributed by atoms with Crippen molar-refractivity contribution >= 4 is 23.6 Å². The number of hydrogen-bond acceptors (Lipinski definition) is 9. The van der Waals surface area contributed by atoms with Gasteiger partial charge in [-0.05, 0) is 37.6 Å². The Morgan fingerprint density at radius 2 is 1.97 bits per heavy atom. The average Bonchev–Trinajstić information content (AvgIpc) is 3.30. The second-order valence-corrected chi connectivity index (χ2v) is 7.88. The zero-order valence-electron chi connectivity index (χ0n) is 20.2. The van der Waals surface area contributed by atoms with Gasteiger partial charge in [0.2, 0.25) is 0 Å². The van der Waals surface area contributed by atoms with E-state index in [-0.39, 0.29) is 23.7 Å². The molecule has 0 saturated carbocycles. The second kappa shape index (κ2) is 17.5. The summed E-state index contributed by atoms with van der Waals surface area (Å²) in [7, 11) is 4.83. The van der Waals surface area contributed by atoms with E-state index in [1.807, 2.05) is 32.3 Å². The van der Waals surface area contributed by atoms with E-state index in [9.17, 15) is 14.7 Å². The minimum Gasteiger partial charge on any atom is -0.507 e. The fourth-order valence-corrected chi connectivity index (χ4v) is 3.28. The number of aryl methyl sites for hydroxylation is 1. The van der Waals surface area contributed by atoms with Gasteiger partial charge in [-0.3, -0.25) is 9.59 Å². The third kappa shape index (κ3) is 11.4. The molecule has 2 aromatic rings. The van der Waals surface area contributed by atoms with Crippen molar-refractivity contribution in [1.29, 1.82) is 0 Å². The van der Waals surface area contributed by atoms with Gasteiger partial charge in [0.25, 0.3) is 6.47 Å². The first-order chi connectivity index (χ1) is 15.8. The number of carbonyl (C=O) groups excluding carboxylic acids is 2.